The van der Waals surface area contributed by atoms with Crippen LogP contribution in [0.5, 0.6) is 0 Å². The molecule has 0 atom stereocenters. The average molecular weight is 406 g/mol. The number of carbonyl (C=O) groups is 1. The van der Waals surface area contributed by atoms with Crippen LogP contribution in [0.15, 0.2) is 30.6 Å². The number of carbonyl (C=O) groups excluding carboxylic acids is 1. The lowest BCUT2D eigenvalue weighted by molar-refractivity contribution is -0.137. The number of benzene rings is 1. The lowest BCUT2D eigenvalue weighted by Crippen LogP contribution is -2.35. The van der Waals surface area contributed by atoms with E-state index in [0.717, 1.165) is 45.2 Å². The van der Waals surface area contributed by atoms with Crippen molar-refractivity contribution >= 4 is 33.3 Å². The topological polar surface area (TPSA) is 58.1 Å². The van der Waals surface area contributed by atoms with Gasteiger partial charge in [0.1, 0.15) is 17.0 Å². The lowest BCUT2D eigenvalue weighted by Gasteiger charge is -2.27. The van der Waals surface area contributed by atoms with E-state index in [0.29, 0.717) is 19.5 Å². The van der Waals surface area contributed by atoms with Gasteiger partial charge in [0.25, 0.3) is 5.91 Å². The van der Waals surface area contributed by atoms with E-state index in [-0.39, 0.29) is 5.56 Å². The maximum atomic E-state index is 12.9. The highest BCUT2D eigenvalue weighted by Gasteiger charge is 2.32. The Hall–Kier alpha value is -2.68. The molecule has 28 heavy (non-hydrogen) atoms. The smallest absolute Gasteiger partial charge is 0.370 e. The Labute approximate surface area is 163 Å². The number of anilines is 1. The Balaban J connectivity index is 1.63. The molecule has 5 nitrogen and oxygen atoms in total. The van der Waals surface area contributed by atoms with Crippen LogP contribution in [-0.4, -0.2) is 33.9 Å². The number of rotatable bonds is 3. The minimum absolute atomic E-state index is 0.0486. The maximum Gasteiger partial charge on any atom is 0.416 e. The van der Waals surface area contributed by atoms with E-state index in [9.17, 15) is 18.0 Å². The fourth-order valence-electron chi connectivity index (χ4n) is 3.41. The molecule has 0 bridgehead atoms. The van der Waals surface area contributed by atoms with Crippen LogP contribution < -0.4 is 5.32 Å². The van der Waals surface area contributed by atoms with Crippen LogP contribution in [0.4, 0.5) is 19.0 Å². The van der Waals surface area contributed by atoms with Crippen molar-refractivity contribution in [2.75, 3.05) is 18.4 Å². The summed E-state index contributed by atoms with van der Waals surface area (Å²) < 4.78 is 38.8. The summed E-state index contributed by atoms with van der Waals surface area (Å²) >= 11 is 1.50. The fraction of sp³-hybridized carbons (Fsp3) is 0.316. The molecule has 0 saturated carbocycles. The number of thiophene rings is 1. The number of amides is 1. The molecule has 0 unspecified atom stereocenters. The number of nitrogens with one attached hydrogen (secondary N) is 1. The fourth-order valence-corrected chi connectivity index (χ4v) is 4.62. The van der Waals surface area contributed by atoms with Crippen LogP contribution in [0.1, 0.15) is 33.3 Å². The van der Waals surface area contributed by atoms with E-state index >= 15 is 0 Å². The van der Waals surface area contributed by atoms with Gasteiger partial charge in [0.05, 0.1) is 17.5 Å². The van der Waals surface area contributed by atoms with Gasteiger partial charge in [-0.1, -0.05) is 6.07 Å². The largest absolute Gasteiger partial charge is 0.416 e. The van der Waals surface area contributed by atoms with Gasteiger partial charge in [-0.3, -0.25) is 4.79 Å². The molecular weight excluding hydrogens is 389 g/mol. The SMILES string of the molecule is CCNc1ncnc2sc3c(c12)CCN(C(=O)c1cccc(C(F)(F)F)c1)C3. The molecule has 0 spiro atoms. The molecule has 9 heteroatoms. The maximum absolute atomic E-state index is 12.9. The number of nitrogens with zero attached hydrogens (tertiary/aromatic N) is 3. The number of hydrogen-bond donors (Lipinski definition) is 1. The molecular formula is C19H17F3N4OS. The second-order valence-electron chi connectivity index (χ2n) is 6.49. The van der Waals surface area contributed by atoms with Gasteiger partial charge < -0.3 is 10.2 Å². The zero-order valence-electron chi connectivity index (χ0n) is 15.0. The van der Waals surface area contributed by atoms with E-state index in [1.165, 1.54) is 29.8 Å². The zero-order chi connectivity index (χ0) is 19.9. The molecule has 0 fully saturated rings. The number of hydrogen-bond acceptors (Lipinski definition) is 5. The van der Waals surface area contributed by atoms with Crippen molar-refractivity contribution < 1.29 is 18.0 Å². The molecule has 1 aliphatic heterocycles. The van der Waals surface area contributed by atoms with Crippen LogP contribution in [-0.2, 0) is 19.1 Å². The quantitative estimate of drug-likeness (QED) is 0.703. The predicted molar refractivity (Wildman–Crippen MR) is 101 cm³/mol. The third-order valence-corrected chi connectivity index (χ3v) is 5.83. The van der Waals surface area contributed by atoms with Gasteiger partial charge in [0.15, 0.2) is 0 Å². The van der Waals surface area contributed by atoms with Gasteiger partial charge in [0, 0.05) is 23.5 Å². The molecule has 1 aliphatic rings. The Kier molecular flexibility index (Phi) is 4.70. The molecule has 0 radical (unpaired) electrons. The summed E-state index contributed by atoms with van der Waals surface area (Å²) in [4.78, 5) is 24.9. The first-order chi connectivity index (χ1) is 13.4. The highest BCUT2D eigenvalue weighted by atomic mass is 32.1. The van der Waals surface area contributed by atoms with Crippen molar-refractivity contribution in [1.82, 2.24) is 14.9 Å². The van der Waals surface area contributed by atoms with Crippen molar-refractivity contribution in [2.24, 2.45) is 0 Å². The molecule has 1 N–H and O–H groups in total. The Morgan fingerprint density at radius 2 is 2.14 bits per heavy atom. The predicted octanol–water partition coefficient (Wildman–Crippen LogP) is 4.34. The summed E-state index contributed by atoms with van der Waals surface area (Å²) in [5.41, 5.74) is 0.348. The van der Waals surface area contributed by atoms with Crippen LogP contribution in [0, 0.1) is 0 Å². The highest BCUT2D eigenvalue weighted by molar-refractivity contribution is 7.19. The Bertz CT molecular complexity index is 1050. The van der Waals surface area contributed by atoms with E-state index in [1.54, 1.807) is 4.90 Å². The number of aromatic nitrogens is 2. The molecule has 146 valence electrons. The van der Waals surface area contributed by atoms with Crippen molar-refractivity contribution in [3.63, 3.8) is 0 Å². The zero-order valence-corrected chi connectivity index (χ0v) is 15.8. The van der Waals surface area contributed by atoms with E-state index in [2.05, 4.69) is 15.3 Å². The molecule has 2 aromatic heterocycles. The third-order valence-electron chi connectivity index (χ3n) is 4.71. The van der Waals surface area contributed by atoms with Crippen LogP contribution in [0.3, 0.4) is 0 Å². The summed E-state index contributed by atoms with van der Waals surface area (Å²) in [5, 5.41) is 4.22. The molecule has 0 aliphatic carbocycles. The minimum Gasteiger partial charge on any atom is -0.370 e. The summed E-state index contributed by atoms with van der Waals surface area (Å²) in [6.45, 7) is 3.52. The normalized spacial score (nSPS) is 14.2. The molecule has 1 amide bonds. The molecule has 4 rings (SSSR count). The van der Waals surface area contributed by atoms with Gasteiger partial charge in [-0.15, -0.1) is 11.3 Å². The second-order valence-corrected chi connectivity index (χ2v) is 7.58. The minimum atomic E-state index is -4.47. The van der Waals surface area contributed by atoms with Crippen molar-refractivity contribution in [3.05, 3.63) is 52.2 Å². The first-order valence-corrected chi connectivity index (χ1v) is 9.65. The average Bonchev–Trinajstić information content (AvgIpc) is 3.05. The van der Waals surface area contributed by atoms with E-state index in [4.69, 9.17) is 0 Å². The molecule has 0 saturated heterocycles. The van der Waals surface area contributed by atoms with Crippen molar-refractivity contribution in [2.45, 2.75) is 26.1 Å². The second kappa shape index (κ2) is 7.05. The molecule has 3 heterocycles. The number of alkyl halides is 3. The molecule has 1 aromatic carbocycles. The highest BCUT2D eigenvalue weighted by Crippen LogP contribution is 2.37. The summed E-state index contributed by atoms with van der Waals surface area (Å²) in [6, 6.07) is 4.57. The van der Waals surface area contributed by atoms with Crippen LogP contribution in [0.2, 0.25) is 0 Å². The Morgan fingerprint density at radius 1 is 1.32 bits per heavy atom. The van der Waals surface area contributed by atoms with Crippen molar-refractivity contribution in [3.8, 4) is 0 Å². The van der Waals surface area contributed by atoms with Gasteiger partial charge in [-0.05, 0) is 37.1 Å². The first-order valence-electron chi connectivity index (χ1n) is 8.84. The Morgan fingerprint density at radius 3 is 2.89 bits per heavy atom. The van der Waals surface area contributed by atoms with Crippen molar-refractivity contribution in [1.29, 1.82) is 0 Å². The van der Waals surface area contributed by atoms with E-state index < -0.39 is 17.6 Å². The molecule has 3 aromatic rings. The number of fused-ring (bicyclic) bond motifs is 3. The van der Waals surface area contributed by atoms with Gasteiger partial charge in [-0.2, -0.15) is 13.2 Å². The monoisotopic (exact) mass is 406 g/mol. The summed E-state index contributed by atoms with van der Waals surface area (Å²) in [6.07, 6.45) is -2.35. The van der Waals surface area contributed by atoms with E-state index in [1.807, 2.05) is 6.92 Å². The van der Waals surface area contributed by atoms with Crippen LogP contribution >= 0.6 is 11.3 Å². The lowest BCUT2D eigenvalue weighted by atomic mass is 10.0. The van der Waals surface area contributed by atoms with Gasteiger partial charge in [0.2, 0.25) is 0 Å². The third kappa shape index (κ3) is 3.30. The first kappa shape index (κ1) is 18.7. The summed E-state index contributed by atoms with van der Waals surface area (Å²) in [5.74, 6) is 0.384. The standard InChI is InChI=1S/C19H17F3N4OS/c1-2-23-16-15-13-6-7-26(9-14(13)28-17(15)25-10-24-16)18(27)11-4-3-5-12(8-11)19(20,21)22/h3-5,8,10H,2,6-7,9H2,1H3,(H,23,24,25). The van der Waals surface area contributed by atoms with Gasteiger partial charge >= 0.3 is 6.18 Å². The number of halogens is 3. The summed E-state index contributed by atoms with van der Waals surface area (Å²) in [7, 11) is 0. The van der Waals surface area contributed by atoms with Gasteiger partial charge in [-0.25, -0.2) is 9.97 Å². The van der Waals surface area contributed by atoms with Crippen LogP contribution in [0.25, 0.3) is 10.2 Å².